The van der Waals surface area contributed by atoms with Gasteiger partial charge in [0.25, 0.3) is 0 Å². The van der Waals surface area contributed by atoms with E-state index >= 15 is 0 Å². The minimum absolute atomic E-state index is 0.0854. The van der Waals surface area contributed by atoms with E-state index in [0.29, 0.717) is 0 Å². The van der Waals surface area contributed by atoms with Crippen molar-refractivity contribution in [2.75, 3.05) is 26.9 Å². The summed E-state index contributed by atoms with van der Waals surface area (Å²) in [5, 5.41) is 49.0. The molecule has 0 unspecified atom stereocenters. The third-order valence-corrected chi connectivity index (χ3v) is 3.27. The zero-order valence-corrected chi connectivity index (χ0v) is 12.5. The zero-order valence-electron chi connectivity index (χ0n) is 12.5. The first-order valence-electron chi connectivity index (χ1n) is 6.72. The van der Waals surface area contributed by atoms with Crippen LogP contribution < -0.4 is 5.32 Å². The number of carboxylic acid groups (broad SMARTS) is 2. The third kappa shape index (κ3) is 4.91. The maximum absolute atomic E-state index is 11.0. The van der Waals surface area contributed by atoms with Crippen molar-refractivity contribution >= 4 is 17.7 Å². The van der Waals surface area contributed by atoms with Crippen molar-refractivity contribution in [2.24, 2.45) is 4.99 Å². The lowest BCUT2D eigenvalue weighted by Gasteiger charge is -2.34. The molecule has 0 amide bonds. The SMILES string of the molecule is COC1=C(N[C@@H](CO)C(=O)O)C[C@](O)(CO)CC1=NCC(=O)O. The van der Waals surface area contributed by atoms with Crippen LogP contribution in [0.4, 0.5) is 0 Å². The van der Waals surface area contributed by atoms with Gasteiger partial charge >= 0.3 is 11.9 Å². The summed E-state index contributed by atoms with van der Waals surface area (Å²) < 4.78 is 5.14. The largest absolute Gasteiger partial charge is 0.493 e. The van der Waals surface area contributed by atoms with Gasteiger partial charge in [-0.1, -0.05) is 0 Å². The van der Waals surface area contributed by atoms with Gasteiger partial charge in [-0.2, -0.15) is 0 Å². The second kappa shape index (κ2) is 7.90. The van der Waals surface area contributed by atoms with Crippen molar-refractivity contribution in [3.05, 3.63) is 11.5 Å². The van der Waals surface area contributed by atoms with E-state index < -0.39 is 43.3 Å². The minimum Gasteiger partial charge on any atom is -0.493 e. The number of allylic oxidation sites excluding steroid dienone is 1. The Labute approximate surface area is 131 Å². The molecule has 130 valence electrons. The summed E-state index contributed by atoms with van der Waals surface area (Å²) in [6.07, 6.45) is -0.315. The third-order valence-electron chi connectivity index (χ3n) is 3.27. The predicted molar refractivity (Wildman–Crippen MR) is 76.9 cm³/mol. The monoisotopic (exact) mass is 332 g/mol. The molecule has 0 saturated carbocycles. The van der Waals surface area contributed by atoms with Gasteiger partial charge in [-0.25, -0.2) is 4.79 Å². The molecule has 0 bridgehead atoms. The van der Waals surface area contributed by atoms with Gasteiger partial charge in [0.05, 0.1) is 37.3 Å². The number of aliphatic hydroxyl groups excluding tert-OH is 2. The number of carboxylic acids is 2. The highest BCUT2D eigenvalue weighted by Crippen LogP contribution is 2.30. The van der Waals surface area contributed by atoms with Crippen LogP contribution in [0.2, 0.25) is 0 Å². The Balaban J connectivity index is 3.24. The molecule has 1 aliphatic rings. The maximum Gasteiger partial charge on any atom is 0.328 e. The standard InChI is InChI=1S/C13H20N2O8/c1-23-11-7(14-4-10(18)19)2-13(22,6-17)3-8(11)15-9(5-16)12(20)21/h9,15-17,22H,2-6H2,1H3,(H,18,19)(H,20,21)/t9-,13-/m0/s1. The van der Waals surface area contributed by atoms with Crippen molar-refractivity contribution in [2.45, 2.75) is 24.5 Å². The van der Waals surface area contributed by atoms with Gasteiger partial charge in [0.1, 0.15) is 12.6 Å². The van der Waals surface area contributed by atoms with E-state index in [-0.39, 0.29) is 30.0 Å². The number of hydrogen-bond donors (Lipinski definition) is 6. The van der Waals surface area contributed by atoms with Crippen LogP contribution in [0.3, 0.4) is 0 Å². The minimum atomic E-state index is -1.64. The normalized spacial score (nSPS) is 24.4. The van der Waals surface area contributed by atoms with Crippen molar-refractivity contribution < 1.29 is 39.9 Å². The summed E-state index contributed by atoms with van der Waals surface area (Å²) in [5.74, 6) is -2.43. The molecule has 6 N–H and O–H groups in total. The van der Waals surface area contributed by atoms with Crippen LogP contribution in [-0.2, 0) is 14.3 Å². The van der Waals surface area contributed by atoms with Crippen molar-refractivity contribution in [3.63, 3.8) is 0 Å². The molecule has 1 aliphatic carbocycles. The van der Waals surface area contributed by atoms with Crippen LogP contribution in [0, 0.1) is 0 Å². The Bertz CT molecular complexity index is 530. The van der Waals surface area contributed by atoms with Gasteiger partial charge in [0.15, 0.2) is 5.76 Å². The van der Waals surface area contributed by atoms with Gasteiger partial charge in [-0.3, -0.25) is 9.79 Å². The Morgan fingerprint density at radius 3 is 2.43 bits per heavy atom. The first kappa shape index (κ1) is 18.9. The van der Waals surface area contributed by atoms with Crippen LogP contribution >= 0.6 is 0 Å². The zero-order chi connectivity index (χ0) is 17.6. The molecule has 10 heteroatoms. The fourth-order valence-electron chi connectivity index (χ4n) is 2.19. The number of aliphatic hydroxyl groups is 3. The number of methoxy groups -OCH3 is 1. The van der Waals surface area contributed by atoms with Gasteiger partial charge < -0.3 is 35.6 Å². The summed E-state index contributed by atoms with van der Waals surface area (Å²) in [6, 6.07) is -1.35. The lowest BCUT2D eigenvalue weighted by molar-refractivity contribution is -0.140. The van der Waals surface area contributed by atoms with Gasteiger partial charge in [-0.15, -0.1) is 0 Å². The first-order chi connectivity index (χ1) is 10.8. The Kier molecular flexibility index (Phi) is 6.49. The molecule has 2 atom stereocenters. The quantitative estimate of drug-likeness (QED) is 0.292. The van der Waals surface area contributed by atoms with E-state index in [4.69, 9.17) is 20.1 Å². The topological polar surface area (TPSA) is 169 Å². The second-order valence-corrected chi connectivity index (χ2v) is 5.12. The Morgan fingerprint density at radius 1 is 1.35 bits per heavy atom. The van der Waals surface area contributed by atoms with E-state index in [2.05, 4.69) is 10.3 Å². The van der Waals surface area contributed by atoms with E-state index in [0.717, 1.165) is 0 Å². The Morgan fingerprint density at radius 2 is 2.00 bits per heavy atom. The van der Waals surface area contributed by atoms with E-state index in [1.165, 1.54) is 7.11 Å². The van der Waals surface area contributed by atoms with Crippen molar-refractivity contribution in [1.82, 2.24) is 5.32 Å². The molecule has 0 aromatic rings. The van der Waals surface area contributed by atoms with Crippen LogP contribution in [0.1, 0.15) is 12.8 Å². The molecular weight excluding hydrogens is 312 g/mol. The van der Waals surface area contributed by atoms with Crippen LogP contribution in [-0.4, -0.2) is 81.7 Å². The smallest absolute Gasteiger partial charge is 0.328 e. The van der Waals surface area contributed by atoms with Crippen molar-refractivity contribution in [3.8, 4) is 0 Å². The van der Waals surface area contributed by atoms with Crippen LogP contribution in [0.25, 0.3) is 0 Å². The molecule has 1 rings (SSSR count). The summed E-state index contributed by atoms with van der Waals surface area (Å²) >= 11 is 0. The molecule has 0 saturated heterocycles. The highest BCUT2D eigenvalue weighted by molar-refractivity contribution is 6.01. The fourth-order valence-corrected chi connectivity index (χ4v) is 2.19. The molecule has 10 nitrogen and oxygen atoms in total. The highest BCUT2D eigenvalue weighted by Gasteiger charge is 2.38. The number of rotatable bonds is 8. The summed E-state index contributed by atoms with van der Waals surface area (Å²) in [4.78, 5) is 25.5. The molecule has 0 spiro atoms. The average molecular weight is 332 g/mol. The van der Waals surface area contributed by atoms with Crippen molar-refractivity contribution in [1.29, 1.82) is 0 Å². The fraction of sp³-hybridized carbons (Fsp3) is 0.615. The lowest BCUT2D eigenvalue weighted by Crippen LogP contribution is -2.47. The van der Waals surface area contributed by atoms with Gasteiger partial charge in [0.2, 0.25) is 0 Å². The Hall–Kier alpha value is -2.17. The number of carbonyl (C=O) groups is 2. The average Bonchev–Trinajstić information content (AvgIpc) is 2.49. The number of ether oxygens (including phenoxy) is 1. The van der Waals surface area contributed by atoms with Gasteiger partial charge in [-0.05, 0) is 0 Å². The number of nitrogens with zero attached hydrogens (tertiary/aromatic N) is 1. The molecule has 0 aromatic carbocycles. The van der Waals surface area contributed by atoms with E-state index in [1.54, 1.807) is 0 Å². The van der Waals surface area contributed by atoms with E-state index in [1.807, 2.05) is 0 Å². The maximum atomic E-state index is 11.0. The van der Waals surface area contributed by atoms with Gasteiger partial charge in [0, 0.05) is 12.8 Å². The molecule has 23 heavy (non-hydrogen) atoms. The molecular formula is C13H20N2O8. The number of nitrogens with one attached hydrogen (secondary N) is 1. The van der Waals surface area contributed by atoms with E-state index in [9.17, 15) is 19.8 Å². The molecule has 0 heterocycles. The summed E-state index contributed by atoms with van der Waals surface area (Å²) in [5.41, 5.74) is -1.44. The highest BCUT2D eigenvalue weighted by atomic mass is 16.5. The summed E-state index contributed by atoms with van der Waals surface area (Å²) in [7, 11) is 1.28. The molecule has 0 aromatic heterocycles. The van der Waals surface area contributed by atoms with Crippen LogP contribution in [0.15, 0.2) is 16.4 Å². The molecule has 0 radical (unpaired) electrons. The molecule has 0 fully saturated rings. The number of aliphatic carboxylic acids is 2. The number of hydrogen-bond acceptors (Lipinski definition) is 8. The lowest BCUT2D eigenvalue weighted by atomic mass is 9.85. The predicted octanol–water partition coefficient (Wildman–Crippen LogP) is -2.08. The van der Waals surface area contributed by atoms with Crippen LogP contribution in [0.5, 0.6) is 0 Å². The number of aliphatic imine (C=N–C) groups is 1. The molecule has 0 aliphatic heterocycles. The first-order valence-corrected chi connectivity index (χ1v) is 6.72. The summed E-state index contributed by atoms with van der Waals surface area (Å²) in [6.45, 7) is -1.92. The second-order valence-electron chi connectivity index (χ2n) is 5.12.